The van der Waals surface area contributed by atoms with Gasteiger partial charge in [-0.1, -0.05) is 12.1 Å². The number of hydrogen-bond acceptors (Lipinski definition) is 5. The molecular weight excluding hydrogens is 260 g/mol. The second kappa shape index (κ2) is 5.17. The van der Waals surface area contributed by atoms with Crippen LogP contribution in [-0.2, 0) is 9.53 Å². The lowest BCUT2D eigenvalue weighted by atomic mass is 9.97. The maximum Gasteiger partial charge on any atom is 0.308 e. The summed E-state index contributed by atoms with van der Waals surface area (Å²) in [5.74, 6) is -0.0192. The topological polar surface area (TPSA) is 42.4 Å². The van der Waals surface area contributed by atoms with Crippen molar-refractivity contribution in [1.82, 2.24) is 4.37 Å². The molecule has 3 rings (SSSR count). The van der Waals surface area contributed by atoms with Crippen LogP contribution in [0.15, 0.2) is 24.3 Å². The van der Waals surface area contributed by atoms with Gasteiger partial charge in [-0.25, -0.2) is 0 Å². The van der Waals surface area contributed by atoms with Crippen molar-refractivity contribution in [3.63, 3.8) is 0 Å². The SMILES string of the molecule is COC(=O)C1CCN(c2snc3ccccc23)CC1. The average Bonchev–Trinajstić information content (AvgIpc) is 2.90. The molecule has 2 heterocycles. The smallest absolute Gasteiger partial charge is 0.308 e. The number of aromatic nitrogens is 1. The minimum absolute atomic E-state index is 0.0560. The first kappa shape index (κ1) is 12.4. The summed E-state index contributed by atoms with van der Waals surface area (Å²) < 4.78 is 9.29. The molecule has 0 radical (unpaired) electrons. The van der Waals surface area contributed by atoms with E-state index in [9.17, 15) is 4.79 Å². The van der Waals surface area contributed by atoms with E-state index < -0.39 is 0 Å². The molecule has 0 saturated carbocycles. The maximum absolute atomic E-state index is 11.5. The van der Waals surface area contributed by atoms with Crippen LogP contribution in [0.1, 0.15) is 12.8 Å². The number of rotatable bonds is 2. The molecule has 0 spiro atoms. The van der Waals surface area contributed by atoms with Crippen molar-refractivity contribution in [2.45, 2.75) is 12.8 Å². The fourth-order valence-electron chi connectivity index (χ4n) is 2.59. The Hall–Kier alpha value is -1.62. The Morgan fingerprint density at radius 1 is 1.37 bits per heavy atom. The van der Waals surface area contributed by atoms with E-state index in [-0.39, 0.29) is 11.9 Å². The van der Waals surface area contributed by atoms with Gasteiger partial charge >= 0.3 is 5.97 Å². The second-order valence-electron chi connectivity index (χ2n) is 4.79. The molecule has 1 aromatic heterocycles. The number of esters is 1. The van der Waals surface area contributed by atoms with Crippen molar-refractivity contribution in [2.75, 3.05) is 25.1 Å². The van der Waals surface area contributed by atoms with Crippen molar-refractivity contribution in [3.05, 3.63) is 24.3 Å². The minimum atomic E-state index is -0.0752. The van der Waals surface area contributed by atoms with Crippen molar-refractivity contribution in [3.8, 4) is 0 Å². The highest BCUT2D eigenvalue weighted by Crippen LogP contribution is 2.33. The molecule has 1 aromatic carbocycles. The summed E-state index contributed by atoms with van der Waals surface area (Å²) in [5, 5.41) is 2.43. The molecule has 0 amide bonds. The molecule has 0 atom stereocenters. The Kier molecular flexibility index (Phi) is 3.38. The number of anilines is 1. The Morgan fingerprint density at radius 2 is 2.11 bits per heavy atom. The monoisotopic (exact) mass is 276 g/mol. The number of nitrogens with zero attached hydrogens (tertiary/aromatic N) is 2. The fraction of sp³-hybridized carbons (Fsp3) is 0.429. The molecule has 0 bridgehead atoms. The van der Waals surface area contributed by atoms with Gasteiger partial charge in [0.05, 0.1) is 18.5 Å². The van der Waals surface area contributed by atoms with Crippen LogP contribution in [0.25, 0.3) is 10.9 Å². The number of carbonyl (C=O) groups excluding carboxylic acids is 1. The fourth-order valence-corrected chi connectivity index (χ4v) is 3.50. The molecule has 1 fully saturated rings. The first-order valence-electron chi connectivity index (χ1n) is 6.47. The van der Waals surface area contributed by atoms with Crippen LogP contribution in [-0.4, -0.2) is 30.5 Å². The summed E-state index contributed by atoms with van der Waals surface area (Å²) in [7, 11) is 1.46. The summed E-state index contributed by atoms with van der Waals surface area (Å²) in [6.45, 7) is 1.79. The minimum Gasteiger partial charge on any atom is -0.469 e. The molecule has 1 saturated heterocycles. The lowest BCUT2D eigenvalue weighted by molar-refractivity contribution is -0.146. The number of piperidine rings is 1. The lowest BCUT2D eigenvalue weighted by Gasteiger charge is -2.31. The van der Waals surface area contributed by atoms with E-state index in [2.05, 4.69) is 15.3 Å². The summed E-state index contributed by atoms with van der Waals surface area (Å²) in [6, 6.07) is 8.20. The second-order valence-corrected chi connectivity index (χ2v) is 5.54. The van der Waals surface area contributed by atoms with Crippen molar-refractivity contribution < 1.29 is 9.53 Å². The van der Waals surface area contributed by atoms with Crippen LogP contribution in [0.5, 0.6) is 0 Å². The zero-order valence-electron chi connectivity index (χ0n) is 10.8. The largest absolute Gasteiger partial charge is 0.469 e. The molecule has 0 unspecified atom stereocenters. The van der Waals surface area contributed by atoms with Crippen LogP contribution in [0.2, 0.25) is 0 Å². The van der Waals surface area contributed by atoms with E-state index in [0.717, 1.165) is 31.4 Å². The normalized spacial score (nSPS) is 16.8. The van der Waals surface area contributed by atoms with Crippen LogP contribution in [0, 0.1) is 5.92 Å². The number of hydrogen-bond donors (Lipinski definition) is 0. The predicted octanol–water partition coefficient (Wildman–Crippen LogP) is 2.69. The Bertz CT molecular complexity index is 588. The van der Waals surface area contributed by atoms with Crippen molar-refractivity contribution >= 4 is 33.4 Å². The molecule has 4 nitrogen and oxygen atoms in total. The van der Waals surface area contributed by atoms with Crippen LogP contribution >= 0.6 is 11.5 Å². The van der Waals surface area contributed by atoms with Gasteiger partial charge in [-0.3, -0.25) is 4.79 Å². The van der Waals surface area contributed by atoms with Crippen LogP contribution in [0.3, 0.4) is 0 Å². The summed E-state index contributed by atoms with van der Waals surface area (Å²) in [5.41, 5.74) is 1.05. The number of benzene rings is 1. The Labute approximate surface area is 116 Å². The molecule has 100 valence electrons. The van der Waals surface area contributed by atoms with Crippen LogP contribution in [0.4, 0.5) is 5.00 Å². The third-order valence-electron chi connectivity index (χ3n) is 3.68. The number of methoxy groups -OCH3 is 1. The van der Waals surface area contributed by atoms with E-state index in [1.165, 1.54) is 17.5 Å². The molecule has 1 aliphatic heterocycles. The predicted molar refractivity (Wildman–Crippen MR) is 76.6 cm³/mol. The summed E-state index contributed by atoms with van der Waals surface area (Å²) >= 11 is 1.54. The average molecular weight is 276 g/mol. The van der Waals surface area contributed by atoms with Gasteiger partial charge in [0, 0.05) is 18.5 Å². The van der Waals surface area contributed by atoms with E-state index in [0.29, 0.717) is 0 Å². The quantitative estimate of drug-likeness (QED) is 0.791. The van der Waals surface area contributed by atoms with Crippen molar-refractivity contribution in [2.24, 2.45) is 5.92 Å². The number of ether oxygens (including phenoxy) is 1. The standard InChI is InChI=1S/C14H16N2O2S/c1-18-14(17)10-6-8-16(9-7-10)13-11-4-2-3-5-12(11)15-19-13/h2-5,10H,6-9H2,1H3. The van der Waals surface area contributed by atoms with Gasteiger partial charge in [0.25, 0.3) is 0 Å². The highest BCUT2D eigenvalue weighted by Gasteiger charge is 2.27. The van der Waals surface area contributed by atoms with Gasteiger partial charge in [-0.15, -0.1) is 0 Å². The maximum atomic E-state index is 11.5. The first-order valence-corrected chi connectivity index (χ1v) is 7.24. The van der Waals surface area contributed by atoms with Gasteiger partial charge < -0.3 is 9.64 Å². The Morgan fingerprint density at radius 3 is 2.84 bits per heavy atom. The van der Waals surface area contributed by atoms with E-state index in [1.807, 2.05) is 18.2 Å². The number of fused-ring (bicyclic) bond motifs is 1. The zero-order chi connectivity index (χ0) is 13.2. The molecular formula is C14H16N2O2S. The van der Waals surface area contributed by atoms with E-state index in [4.69, 9.17) is 4.74 Å². The molecule has 0 aliphatic carbocycles. The highest BCUT2D eigenvalue weighted by molar-refractivity contribution is 7.11. The van der Waals surface area contributed by atoms with Gasteiger partial charge in [-0.2, -0.15) is 4.37 Å². The van der Waals surface area contributed by atoms with Crippen LogP contribution < -0.4 is 4.90 Å². The molecule has 1 aliphatic rings. The number of carbonyl (C=O) groups is 1. The third-order valence-corrected chi connectivity index (χ3v) is 4.62. The molecule has 5 heteroatoms. The van der Waals surface area contributed by atoms with Gasteiger partial charge in [-0.05, 0) is 36.5 Å². The van der Waals surface area contributed by atoms with E-state index in [1.54, 1.807) is 11.5 Å². The first-order chi connectivity index (χ1) is 9.29. The van der Waals surface area contributed by atoms with Gasteiger partial charge in [0.2, 0.25) is 0 Å². The molecule has 0 N–H and O–H groups in total. The molecule has 19 heavy (non-hydrogen) atoms. The van der Waals surface area contributed by atoms with E-state index >= 15 is 0 Å². The zero-order valence-corrected chi connectivity index (χ0v) is 11.7. The summed E-state index contributed by atoms with van der Waals surface area (Å²) in [6.07, 6.45) is 1.72. The third kappa shape index (κ3) is 2.30. The summed E-state index contributed by atoms with van der Waals surface area (Å²) in [4.78, 5) is 13.9. The highest BCUT2D eigenvalue weighted by atomic mass is 32.1. The van der Waals surface area contributed by atoms with Gasteiger partial charge in [0.15, 0.2) is 0 Å². The lowest BCUT2D eigenvalue weighted by Crippen LogP contribution is -2.36. The van der Waals surface area contributed by atoms with Crippen molar-refractivity contribution in [1.29, 1.82) is 0 Å². The Balaban J connectivity index is 1.77. The molecule has 2 aromatic rings. The van der Waals surface area contributed by atoms with Gasteiger partial charge in [0.1, 0.15) is 5.00 Å².